The van der Waals surface area contributed by atoms with Crippen LogP contribution >= 0.6 is 0 Å². The van der Waals surface area contributed by atoms with Crippen molar-refractivity contribution in [1.29, 1.82) is 0 Å². The summed E-state index contributed by atoms with van der Waals surface area (Å²) in [6.07, 6.45) is 1.35. The molecule has 148 valence electrons. The van der Waals surface area contributed by atoms with E-state index in [9.17, 15) is 14.7 Å². The topological polar surface area (TPSA) is 98.4 Å². The molecule has 8 nitrogen and oxygen atoms in total. The maximum absolute atomic E-state index is 13.0. The Morgan fingerprint density at radius 1 is 1.21 bits per heavy atom. The highest BCUT2D eigenvalue weighted by atomic mass is 16.5. The van der Waals surface area contributed by atoms with E-state index < -0.39 is 23.5 Å². The SMILES string of the molecule is COCCN1C(=O)C(O)=C(C(=O)c2ccco2)[C@@H]1c1ccc(OC)cc1OC. The number of nitrogens with zero attached hydrogens (tertiary/aromatic N) is 1. The lowest BCUT2D eigenvalue weighted by molar-refractivity contribution is -0.130. The molecule has 0 fully saturated rings. The summed E-state index contributed by atoms with van der Waals surface area (Å²) in [6, 6.07) is 7.23. The normalized spacial score (nSPS) is 16.6. The van der Waals surface area contributed by atoms with Crippen LogP contribution in [0.4, 0.5) is 0 Å². The number of methoxy groups -OCH3 is 3. The lowest BCUT2D eigenvalue weighted by atomic mass is 9.94. The van der Waals surface area contributed by atoms with Crippen LogP contribution in [-0.4, -0.2) is 56.2 Å². The molecule has 0 unspecified atom stereocenters. The summed E-state index contributed by atoms with van der Waals surface area (Å²) in [5.41, 5.74) is 0.464. The maximum Gasteiger partial charge on any atom is 0.290 e. The second kappa shape index (κ2) is 8.18. The minimum Gasteiger partial charge on any atom is -0.503 e. The molecule has 0 radical (unpaired) electrons. The minimum absolute atomic E-state index is 0.0282. The van der Waals surface area contributed by atoms with Gasteiger partial charge in [0.25, 0.3) is 5.91 Å². The summed E-state index contributed by atoms with van der Waals surface area (Å²) >= 11 is 0. The number of ether oxygens (including phenoxy) is 3. The van der Waals surface area contributed by atoms with Gasteiger partial charge in [0.15, 0.2) is 11.5 Å². The van der Waals surface area contributed by atoms with Crippen molar-refractivity contribution in [2.45, 2.75) is 6.04 Å². The first-order valence-corrected chi connectivity index (χ1v) is 8.56. The smallest absolute Gasteiger partial charge is 0.290 e. The highest BCUT2D eigenvalue weighted by Crippen LogP contribution is 2.43. The van der Waals surface area contributed by atoms with Crippen molar-refractivity contribution in [3.63, 3.8) is 0 Å². The van der Waals surface area contributed by atoms with Crippen LogP contribution in [0.15, 0.2) is 52.3 Å². The van der Waals surface area contributed by atoms with Crippen molar-refractivity contribution in [3.05, 3.63) is 59.3 Å². The van der Waals surface area contributed by atoms with E-state index in [1.54, 1.807) is 24.3 Å². The Morgan fingerprint density at radius 3 is 2.61 bits per heavy atom. The van der Waals surface area contributed by atoms with Crippen molar-refractivity contribution >= 4 is 11.7 Å². The number of Topliss-reactive ketones (excluding diaryl/α,β-unsaturated/α-hetero) is 1. The monoisotopic (exact) mass is 387 g/mol. The Balaban J connectivity index is 2.14. The van der Waals surface area contributed by atoms with Crippen molar-refractivity contribution in [2.75, 3.05) is 34.5 Å². The zero-order valence-corrected chi connectivity index (χ0v) is 15.8. The fraction of sp³-hybridized carbons (Fsp3) is 0.300. The van der Waals surface area contributed by atoms with E-state index >= 15 is 0 Å². The van der Waals surface area contributed by atoms with E-state index in [4.69, 9.17) is 18.6 Å². The number of amides is 1. The molecule has 3 rings (SSSR count). The molecule has 0 spiro atoms. The van der Waals surface area contributed by atoms with Gasteiger partial charge >= 0.3 is 0 Å². The van der Waals surface area contributed by atoms with E-state index in [1.165, 1.54) is 38.6 Å². The van der Waals surface area contributed by atoms with Gasteiger partial charge in [0.1, 0.15) is 11.5 Å². The lowest BCUT2D eigenvalue weighted by Gasteiger charge is -2.27. The average molecular weight is 387 g/mol. The largest absolute Gasteiger partial charge is 0.503 e. The summed E-state index contributed by atoms with van der Waals surface area (Å²) < 4.78 is 20.9. The third-order valence-electron chi connectivity index (χ3n) is 4.56. The van der Waals surface area contributed by atoms with E-state index in [0.717, 1.165) is 0 Å². The molecule has 1 aliphatic heterocycles. The summed E-state index contributed by atoms with van der Waals surface area (Å²) in [4.78, 5) is 27.1. The molecule has 28 heavy (non-hydrogen) atoms. The van der Waals surface area contributed by atoms with E-state index in [-0.39, 0.29) is 24.5 Å². The van der Waals surface area contributed by atoms with Gasteiger partial charge in [-0.2, -0.15) is 0 Å². The molecule has 2 heterocycles. The molecule has 0 saturated carbocycles. The average Bonchev–Trinajstić information content (AvgIpc) is 3.33. The Labute approximate surface area is 161 Å². The zero-order valence-electron chi connectivity index (χ0n) is 15.8. The van der Waals surface area contributed by atoms with Gasteiger partial charge in [-0.1, -0.05) is 0 Å². The number of aliphatic hydroxyl groups excluding tert-OH is 1. The fourth-order valence-electron chi connectivity index (χ4n) is 3.21. The number of ketones is 1. The maximum atomic E-state index is 13.0. The molecule has 0 aliphatic carbocycles. The van der Waals surface area contributed by atoms with Crippen molar-refractivity contribution in [3.8, 4) is 11.5 Å². The number of hydrogen-bond acceptors (Lipinski definition) is 7. The summed E-state index contributed by atoms with van der Waals surface area (Å²) in [5, 5.41) is 10.5. The number of hydrogen-bond donors (Lipinski definition) is 1. The highest BCUT2D eigenvalue weighted by Gasteiger charge is 2.45. The van der Waals surface area contributed by atoms with Gasteiger partial charge in [-0.25, -0.2) is 0 Å². The Morgan fingerprint density at radius 2 is 2.00 bits per heavy atom. The van der Waals surface area contributed by atoms with Crippen LogP contribution in [0, 0.1) is 0 Å². The van der Waals surface area contributed by atoms with Gasteiger partial charge in [-0.05, 0) is 24.3 Å². The molecule has 1 atom stereocenters. The van der Waals surface area contributed by atoms with E-state index in [2.05, 4.69) is 0 Å². The second-order valence-corrected chi connectivity index (χ2v) is 6.07. The first-order valence-electron chi connectivity index (χ1n) is 8.56. The summed E-state index contributed by atoms with van der Waals surface area (Å²) in [5.74, 6) is -0.839. The number of benzene rings is 1. The summed E-state index contributed by atoms with van der Waals surface area (Å²) in [6.45, 7) is 0.407. The standard InChI is InChI=1S/C20H21NO7/c1-25-10-8-21-17(13-7-6-12(26-2)11-15(13)27-3)16(19(23)20(21)24)18(22)14-5-4-9-28-14/h4-7,9,11,17,23H,8,10H2,1-3H3/t17-/m0/s1. The second-order valence-electron chi connectivity index (χ2n) is 6.07. The first-order chi connectivity index (χ1) is 13.5. The van der Waals surface area contributed by atoms with Crippen LogP contribution < -0.4 is 9.47 Å². The van der Waals surface area contributed by atoms with Crippen molar-refractivity contribution < 1.29 is 33.3 Å². The molecular formula is C20H21NO7. The van der Waals surface area contributed by atoms with Crippen LogP contribution in [0.3, 0.4) is 0 Å². The number of aliphatic hydroxyl groups is 1. The van der Waals surface area contributed by atoms with Crippen LogP contribution in [0.2, 0.25) is 0 Å². The molecule has 1 N–H and O–H groups in total. The Bertz CT molecular complexity index is 901. The van der Waals surface area contributed by atoms with E-state index in [1.807, 2.05) is 0 Å². The molecule has 8 heteroatoms. The predicted molar refractivity (Wildman–Crippen MR) is 98.6 cm³/mol. The number of furan rings is 1. The Hall–Kier alpha value is -3.26. The lowest BCUT2D eigenvalue weighted by Crippen LogP contribution is -2.34. The predicted octanol–water partition coefficient (Wildman–Crippen LogP) is 2.52. The molecule has 0 bridgehead atoms. The summed E-state index contributed by atoms with van der Waals surface area (Å²) in [7, 11) is 4.51. The fourth-order valence-corrected chi connectivity index (χ4v) is 3.21. The van der Waals surface area contributed by atoms with Crippen LogP contribution in [0.25, 0.3) is 0 Å². The first kappa shape index (κ1) is 19.5. The minimum atomic E-state index is -0.860. The van der Waals surface area contributed by atoms with Gasteiger partial charge in [0.2, 0.25) is 5.78 Å². The number of rotatable bonds is 8. The molecule has 1 aliphatic rings. The molecule has 2 aromatic rings. The number of carbonyl (C=O) groups excluding carboxylic acids is 2. The van der Waals surface area contributed by atoms with Crippen molar-refractivity contribution in [1.82, 2.24) is 4.90 Å². The molecule has 1 aromatic carbocycles. The quantitative estimate of drug-likeness (QED) is 0.695. The van der Waals surface area contributed by atoms with Crippen molar-refractivity contribution in [2.24, 2.45) is 0 Å². The van der Waals surface area contributed by atoms with Gasteiger partial charge in [-0.15, -0.1) is 0 Å². The van der Waals surface area contributed by atoms with Gasteiger partial charge < -0.3 is 28.6 Å². The number of carbonyl (C=O) groups is 2. The van der Waals surface area contributed by atoms with Crippen LogP contribution in [0.1, 0.15) is 22.2 Å². The van der Waals surface area contributed by atoms with E-state index in [0.29, 0.717) is 17.1 Å². The van der Waals surface area contributed by atoms with Gasteiger partial charge in [0.05, 0.1) is 38.7 Å². The van der Waals surface area contributed by atoms with Gasteiger partial charge in [-0.3, -0.25) is 9.59 Å². The third kappa shape index (κ3) is 3.34. The zero-order chi connectivity index (χ0) is 20.3. The molecule has 1 aromatic heterocycles. The Kier molecular flexibility index (Phi) is 5.70. The van der Waals surface area contributed by atoms with Gasteiger partial charge in [0, 0.05) is 25.3 Å². The third-order valence-corrected chi connectivity index (χ3v) is 4.56. The molecule has 1 amide bonds. The highest BCUT2D eigenvalue weighted by molar-refractivity contribution is 6.15. The molecular weight excluding hydrogens is 366 g/mol. The molecule has 0 saturated heterocycles. The van der Waals surface area contributed by atoms with Crippen LogP contribution in [0.5, 0.6) is 11.5 Å². The van der Waals surface area contributed by atoms with Crippen LogP contribution in [-0.2, 0) is 9.53 Å².